The van der Waals surface area contributed by atoms with Crippen LogP contribution in [-0.4, -0.2) is 60.4 Å². The highest BCUT2D eigenvalue weighted by Gasteiger charge is 2.43. The van der Waals surface area contributed by atoms with Gasteiger partial charge in [0.1, 0.15) is 45.0 Å². The molecule has 0 aliphatic carbocycles. The molecule has 3 aromatic rings. The number of anilines is 2. The molecule has 5 N–H and O–H groups in total. The summed E-state index contributed by atoms with van der Waals surface area (Å²) in [7, 11) is 1.58. The first kappa shape index (κ1) is 24.2. The number of nitriles is 1. The van der Waals surface area contributed by atoms with Crippen molar-refractivity contribution in [2.75, 3.05) is 37.4 Å². The molecule has 1 fully saturated rings. The Labute approximate surface area is 211 Å². The Kier molecular flexibility index (Phi) is 5.94. The number of nitrogens with one attached hydrogen (secondary N) is 1. The second kappa shape index (κ2) is 8.85. The summed E-state index contributed by atoms with van der Waals surface area (Å²) in [6, 6.07) is 2.69. The molecule has 2 aliphatic heterocycles. The average Bonchev–Trinajstić information content (AvgIpc) is 3.35. The number of carbonyl (C=O) groups excluding carboxylic acids is 1. The van der Waals surface area contributed by atoms with Crippen LogP contribution in [0.5, 0.6) is 5.75 Å². The molecule has 0 radical (unpaired) electrons. The van der Waals surface area contributed by atoms with Crippen molar-refractivity contribution in [1.29, 1.82) is 5.26 Å². The van der Waals surface area contributed by atoms with Gasteiger partial charge in [-0.1, -0.05) is 0 Å². The SMILES string of the molecule is CO[C@]1(C)CN(c2cc(F)c3c(c2C#N)OC[C@H](NC(=O)c2sc4nc(C)cnc4c2N)C3)C[C@@H]1N. The minimum Gasteiger partial charge on any atom is -0.490 e. The molecule has 2 aliphatic rings. The molecule has 0 unspecified atom stereocenters. The lowest BCUT2D eigenvalue weighted by atomic mass is 9.97. The van der Waals surface area contributed by atoms with E-state index >= 15 is 4.39 Å². The maximum atomic E-state index is 15.3. The molecular weight excluding hydrogens is 485 g/mol. The summed E-state index contributed by atoms with van der Waals surface area (Å²) in [6.45, 7) is 4.60. The van der Waals surface area contributed by atoms with Crippen LogP contribution < -0.4 is 26.4 Å². The summed E-state index contributed by atoms with van der Waals surface area (Å²) in [5.41, 5.74) is 14.1. The van der Waals surface area contributed by atoms with Crippen LogP contribution in [-0.2, 0) is 11.2 Å². The van der Waals surface area contributed by atoms with E-state index in [2.05, 4.69) is 21.4 Å². The van der Waals surface area contributed by atoms with Gasteiger partial charge in [0.15, 0.2) is 0 Å². The van der Waals surface area contributed by atoms with E-state index in [0.29, 0.717) is 34.0 Å². The standard InChI is InChI=1S/C24H26FN7O3S/c1-11-7-29-19-18(28)21(36-23(19)30-11)22(33)31-12-4-13-15(25)5-16(14(6-26)20(13)35-9-12)32-8-17(27)24(2,10-32)34-3/h5,7,12,17H,4,8-10,27-28H2,1-3H3,(H,31,33)/t12-,17+,24-/m1/s1. The van der Waals surface area contributed by atoms with Crippen molar-refractivity contribution >= 4 is 39.0 Å². The number of hydrogen-bond donors (Lipinski definition) is 3. The van der Waals surface area contributed by atoms with Crippen molar-refractivity contribution in [2.24, 2.45) is 5.73 Å². The lowest BCUT2D eigenvalue weighted by molar-refractivity contribution is 0.0129. The summed E-state index contributed by atoms with van der Waals surface area (Å²) < 4.78 is 26.8. The fourth-order valence-electron chi connectivity index (χ4n) is 4.72. The molecular formula is C24H26FN7O3S. The fourth-order valence-corrected chi connectivity index (χ4v) is 5.73. The van der Waals surface area contributed by atoms with Crippen LogP contribution in [0.25, 0.3) is 10.3 Å². The number of nitrogen functional groups attached to an aromatic ring is 1. The van der Waals surface area contributed by atoms with Gasteiger partial charge in [-0.25, -0.2) is 14.4 Å². The number of nitrogens with two attached hydrogens (primary N) is 2. The van der Waals surface area contributed by atoms with Crippen LogP contribution in [0.15, 0.2) is 12.3 Å². The van der Waals surface area contributed by atoms with Crippen LogP contribution in [0.4, 0.5) is 15.8 Å². The zero-order chi connectivity index (χ0) is 25.8. The molecule has 3 atom stereocenters. The smallest absolute Gasteiger partial charge is 0.263 e. The van der Waals surface area contributed by atoms with Gasteiger partial charge in [0, 0.05) is 38.4 Å². The van der Waals surface area contributed by atoms with Gasteiger partial charge in [-0.2, -0.15) is 5.26 Å². The second-order valence-electron chi connectivity index (χ2n) is 9.37. The van der Waals surface area contributed by atoms with Crippen LogP contribution in [0.1, 0.15) is 33.4 Å². The van der Waals surface area contributed by atoms with Gasteiger partial charge in [0.2, 0.25) is 0 Å². The first-order valence-electron chi connectivity index (χ1n) is 11.4. The van der Waals surface area contributed by atoms with Gasteiger partial charge in [0.25, 0.3) is 5.91 Å². The molecule has 188 valence electrons. The molecule has 4 heterocycles. The molecule has 10 nitrogen and oxygen atoms in total. The second-order valence-corrected chi connectivity index (χ2v) is 10.4. The van der Waals surface area contributed by atoms with E-state index in [0.717, 1.165) is 17.0 Å². The summed E-state index contributed by atoms with van der Waals surface area (Å²) >= 11 is 1.15. The zero-order valence-corrected chi connectivity index (χ0v) is 20.9. The number of aryl methyl sites for hydroxylation is 1. The van der Waals surface area contributed by atoms with Crippen molar-refractivity contribution in [1.82, 2.24) is 15.3 Å². The minimum absolute atomic E-state index is 0.0754. The fraction of sp³-hybridized carbons (Fsp3) is 0.417. The Morgan fingerprint density at radius 1 is 1.50 bits per heavy atom. The van der Waals surface area contributed by atoms with Crippen LogP contribution in [0, 0.1) is 24.1 Å². The highest BCUT2D eigenvalue weighted by Crippen LogP contribution is 2.40. The van der Waals surface area contributed by atoms with Gasteiger partial charge in [-0.05, 0) is 19.9 Å². The van der Waals surface area contributed by atoms with Gasteiger partial charge >= 0.3 is 0 Å². The van der Waals surface area contributed by atoms with Crippen molar-refractivity contribution in [2.45, 2.75) is 38.0 Å². The number of carbonyl (C=O) groups is 1. The molecule has 1 amide bonds. The number of amides is 1. The number of ether oxygens (including phenoxy) is 2. The summed E-state index contributed by atoms with van der Waals surface area (Å²) in [4.78, 5) is 24.4. The Morgan fingerprint density at radius 3 is 2.97 bits per heavy atom. The number of hydrogen-bond acceptors (Lipinski definition) is 10. The Morgan fingerprint density at radius 2 is 2.28 bits per heavy atom. The number of rotatable bonds is 4. The average molecular weight is 512 g/mol. The summed E-state index contributed by atoms with van der Waals surface area (Å²) in [6.07, 6.45) is 1.76. The molecule has 12 heteroatoms. The molecule has 1 saturated heterocycles. The highest BCUT2D eigenvalue weighted by molar-refractivity contribution is 7.21. The maximum absolute atomic E-state index is 15.3. The Bertz CT molecular complexity index is 1420. The molecule has 5 rings (SSSR count). The highest BCUT2D eigenvalue weighted by atomic mass is 32.1. The van der Waals surface area contributed by atoms with Crippen molar-refractivity contribution in [3.8, 4) is 11.8 Å². The third-order valence-electron chi connectivity index (χ3n) is 6.91. The van der Waals surface area contributed by atoms with E-state index in [1.165, 1.54) is 6.07 Å². The monoisotopic (exact) mass is 511 g/mol. The van der Waals surface area contributed by atoms with E-state index < -0.39 is 23.4 Å². The lowest BCUT2D eigenvalue weighted by Crippen LogP contribution is -2.45. The quantitative estimate of drug-likeness (QED) is 0.476. The summed E-state index contributed by atoms with van der Waals surface area (Å²) in [5.74, 6) is -0.722. The Hall–Kier alpha value is -3.53. The van der Waals surface area contributed by atoms with E-state index in [9.17, 15) is 10.1 Å². The molecule has 36 heavy (non-hydrogen) atoms. The van der Waals surface area contributed by atoms with Crippen LogP contribution in [0.2, 0.25) is 0 Å². The van der Waals surface area contributed by atoms with E-state index in [-0.39, 0.29) is 41.6 Å². The van der Waals surface area contributed by atoms with Gasteiger partial charge in [-0.15, -0.1) is 11.3 Å². The van der Waals surface area contributed by atoms with Crippen molar-refractivity contribution in [3.63, 3.8) is 0 Å². The van der Waals surface area contributed by atoms with Crippen molar-refractivity contribution < 1.29 is 18.7 Å². The van der Waals surface area contributed by atoms with Crippen LogP contribution >= 0.6 is 11.3 Å². The Balaban J connectivity index is 1.39. The number of halogens is 1. The molecule has 0 spiro atoms. The topological polar surface area (TPSA) is 152 Å². The predicted octanol–water partition coefficient (Wildman–Crippen LogP) is 1.88. The molecule has 2 aromatic heterocycles. The third kappa shape index (κ3) is 3.89. The third-order valence-corrected chi connectivity index (χ3v) is 8.00. The van der Waals surface area contributed by atoms with Gasteiger partial charge in [0.05, 0.1) is 34.8 Å². The van der Waals surface area contributed by atoms with Crippen molar-refractivity contribution in [3.05, 3.63) is 39.8 Å². The molecule has 1 aromatic carbocycles. The number of fused-ring (bicyclic) bond motifs is 2. The number of aromatic nitrogens is 2. The largest absolute Gasteiger partial charge is 0.490 e. The number of methoxy groups -OCH3 is 1. The number of thiophene rings is 1. The first-order chi connectivity index (χ1) is 17.1. The predicted molar refractivity (Wildman–Crippen MR) is 134 cm³/mol. The minimum atomic E-state index is -0.618. The number of nitrogens with zero attached hydrogens (tertiary/aromatic N) is 4. The molecule has 0 bridgehead atoms. The summed E-state index contributed by atoms with van der Waals surface area (Å²) in [5, 5.41) is 12.8. The zero-order valence-electron chi connectivity index (χ0n) is 20.1. The van der Waals surface area contributed by atoms with Gasteiger partial charge in [-0.3, -0.25) is 4.79 Å². The normalized spacial score (nSPS) is 23.3. The van der Waals surface area contributed by atoms with Crippen LogP contribution in [0.3, 0.4) is 0 Å². The van der Waals surface area contributed by atoms with E-state index in [4.69, 9.17) is 20.9 Å². The molecule has 0 saturated carbocycles. The number of benzene rings is 1. The van der Waals surface area contributed by atoms with Gasteiger partial charge < -0.3 is 31.2 Å². The van der Waals surface area contributed by atoms with E-state index in [1.54, 1.807) is 13.3 Å². The van der Waals surface area contributed by atoms with E-state index in [1.807, 2.05) is 18.7 Å². The first-order valence-corrected chi connectivity index (χ1v) is 12.2. The maximum Gasteiger partial charge on any atom is 0.263 e. The lowest BCUT2D eigenvalue weighted by Gasteiger charge is -2.30.